The molecule has 1 N–H and O–H groups in total. The second-order valence-corrected chi connectivity index (χ2v) is 4.72. The lowest BCUT2D eigenvalue weighted by atomic mass is 9.86. The minimum Gasteiger partial charge on any atom is -0.481 e. The Balaban J connectivity index is 2.54. The molecule has 0 saturated carbocycles. The van der Waals surface area contributed by atoms with Gasteiger partial charge in [0.05, 0.1) is 6.61 Å². The number of hydrogen-bond acceptors (Lipinski definition) is 3. The van der Waals surface area contributed by atoms with Crippen molar-refractivity contribution in [2.24, 2.45) is 5.92 Å². The summed E-state index contributed by atoms with van der Waals surface area (Å²) in [5, 5.41) is 8.83. The summed E-state index contributed by atoms with van der Waals surface area (Å²) in [6.07, 6.45) is 1.25. The average molecular weight is 215 g/mol. The normalized spacial score (nSPS) is 25.7. The standard InChI is InChI=1S/C11H21NO3/c1-11(2)9(8-10(13)14)4-5-12(11)6-7-15-3/h9H,4-8H2,1-3H3,(H,13,14). The predicted molar refractivity (Wildman–Crippen MR) is 57.9 cm³/mol. The SMILES string of the molecule is COCCN1CCC(CC(=O)O)C1(C)C. The highest BCUT2D eigenvalue weighted by Gasteiger charge is 2.41. The summed E-state index contributed by atoms with van der Waals surface area (Å²) in [5.74, 6) is -0.437. The highest BCUT2D eigenvalue weighted by atomic mass is 16.5. The van der Waals surface area contributed by atoms with Crippen molar-refractivity contribution in [3.05, 3.63) is 0 Å². The fourth-order valence-corrected chi connectivity index (χ4v) is 2.38. The van der Waals surface area contributed by atoms with Gasteiger partial charge >= 0.3 is 5.97 Å². The smallest absolute Gasteiger partial charge is 0.303 e. The second-order valence-electron chi connectivity index (χ2n) is 4.72. The van der Waals surface area contributed by atoms with Gasteiger partial charge in [-0.3, -0.25) is 9.69 Å². The van der Waals surface area contributed by atoms with Gasteiger partial charge in [-0.2, -0.15) is 0 Å². The molecule has 0 aromatic rings. The van der Waals surface area contributed by atoms with Gasteiger partial charge in [-0.1, -0.05) is 0 Å². The zero-order valence-electron chi connectivity index (χ0n) is 9.82. The van der Waals surface area contributed by atoms with E-state index in [4.69, 9.17) is 9.84 Å². The number of likely N-dealkylation sites (tertiary alicyclic amines) is 1. The molecule has 4 heteroatoms. The molecule has 0 radical (unpaired) electrons. The first-order valence-corrected chi connectivity index (χ1v) is 5.44. The van der Waals surface area contributed by atoms with Crippen molar-refractivity contribution in [2.75, 3.05) is 26.8 Å². The maximum atomic E-state index is 10.7. The number of rotatable bonds is 5. The van der Waals surface area contributed by atoms with Crippen molar-refractivity contribution in [1.82, 2.24) is 4.90 Å². The van der Waals surface area contributed by atoms with E-state index < -0.39 is 5.97 Å². The summed E-state index contributed by atoms with van der Waals surface area (Å²) in [5.41, 5.74) is -0.0169. The fraction of sp³-hybridized carbons (Fsp3) is 0.909. The molecule has 0 aromatic carbocycles. The monoisotopic (exact) mass is 215 g/mol. The second kappa shape index (κ2) is 4.94. The molecule has 0 spiro atoms. The van der Waals surface area contributed by atoms with Gasteiger partial charge in [-0.15, -0.1) is 0 Å². The molecule has 88 valence electrons. The zero-order chi connectivity index (χ0) is 11.5. The molecular weight excluding hydrogens is 194 g/mol. The summed E-state index contributed by atoms with van der Waals surface area (Å²) >= 11 is 0. The molecule has 0 amide bonds. The number of nitrogens with zero attached hydrogens (tertiary/aromatic N) is 1. The third-order valence-electron chi connectivity index (χ3n) is 3.55. The maximum Gasteiger partial charge on any atom is 0.303 e. The zero-order valence-corrected chi connectivity index (χ0v) is 9.82. The van der Waals surface area contributed by atoms with E-state index in [0.29, 0.717) is 6.61 Å². The van der Waals surface area contributed by atoms with Crippen LogP contribution in [0.1, 0.15) is 26.7 Å². The lowest BCUT2D eigenvalue weighted by molar-refractivity contribution is -0.138. The molecule has 1 aliphatic rings. The molecule has 1 heterocycles. The minimum absolute atomic E-state index is 0.0169. The van der Waals surface area contributed by atoms with E-state index in [-0.39, 0.29) is 17.9 Å². The van der Waals surface area contributed by atoms with Crippen molar-refractivity contribution in [2.45, 2.75) is 32.2 Å². The van der Waals surface area contributed by atoms with Crippen LogP contribution in [0.15, 0.2) is 0 Å². The summed E-state index contributed by atoms with van der Waals surface area (Å²) in [4.78, 5) is 13.0. The largest absolute Gasteiger partial charge is 0.481 e. The molecule has 1 fully saturated rings. The molecule has 0 aromatic heterocycles. The van der Waals surface area contributed by atoms with E-state index in [0.717, 1.165) is 19.5 Å². The van der Waals surface area contributed by atoms with E-state index in [9.17, 15) is 4.79 Å². The Kier molecular flexibility index (Phi) is 4.11. The van der Waals surface area contributed by atoms with Crippen LogP contribution in [0.4, 0.5) is 0 Å². The summed E-state index contributed by atoms with van der Waals surface area (Å²) in [6.45, 7) is 6.84. The highest BCUT2D eigenvalue weighted by Crippen LogP contribution is 2.36. The van der Waals surface area contributed by atoms with Gasteiger partial charge in [0.2, 0.25) is 0 Å². The van der Waals surface area contributed by atoms with Gasteiger partial charge in [0.1, 0.15) is 0 Å². The number of ether oxygens (including phenoxy) is 1. The Hall–Kier alpha value is -0.610. The number of carboxylic acids is 1. The van der Waals surface area contributed by atoms with Crippen LogP contribution < -0.4 is 0 Å². The number of carboxylic acid groups (broad SMARTS) is 1. The summed E-state index contributed by atoms with van der Waals surface area (Å²) < 4.78 is 5.06. The number of aliphatic carboxylic acids is 1. The Morgan fingerprint density at radius 3 is 2.80 bits per heavy atom. The minimum atomic E-state index is -0.693. The molecule has 0 aliphatic carbocycles. The van der Waals surface area contributed by atoms with Crippen molar-refractivity contribution in [3.8, 4) is 0 Å². The van der Waals surface area contributed by atoms with Crippen LogP contribution in [-0.2, 0) is 9.53 Å². The van der Waals surface area contributed by atoms with E-state index in [1.54, 1.807) is 7.11 Å². The number of hydrogen-bond donors (Lipinski definition) is 1. The molecule has 15 heavy (non-hydrogen) atoms. The fourth-order valence-electron chi connectivity index (χ4n) is 2.38. The van der Waals surface area contributed by atoms with Crippen molar-refractivity contribution in [3.63, 3.8) is 0 Å². The van der Waals surface area contributed by atoms with E-state index in [1.165, 1.54) is 0 Å². The first kappa shape index (κ1) is 12.5. The summed E-state index contributed by atoms with van der Waals surface area (Å²) in [7, 11) is 1.69. The van der Waals surface area contributed by atoms with Gasteiger partial charge in [-0.05, 0) is 32.7 Å². The van der Waals surface area contributed by atoms with Gasteiger partial charge in [0, 0.05) is 25.6 Å². The van der Waals surface area contributed by atoms with Crippen LogP contribution in [0.2, 0.25) is 0 Å². The van der Waals surface area contributed by atoms with Crippen molar-refractivity contribution >= 4 is 5.97 Å². The highest BCUT2D eigenvalue weighted by molar-refractivity contribution is 5.67. The topological polar surface area (TPSA) is 49.8 Å². The van der Waals surface area contributed by atoms with Gasteiger partial charge in [-0.25, -0.2) is 0 Å². The molecule has 1 saturated heterocycles. The van der Waals surface area contributed by atoms with Crippen molar-refractivity contribution in [1.29, 1.82) is 0 Å². The molecule has 4 nitrogen and oxygen atoms in total. The van der Waals surface area contributed by atoms with Crippen LogP contribution >= 0.6 is 0 Å². The maximum absolute atomic E-state index is 10.7. The van der Waals surface area contributed by atoms with Crippen LogP contribution in [0.3, 0.4) is 0 Å². The molecule has 1 atom stereocenters. The Bertz CT molecular complexity index is 228. The molecule has 1 unspecified atom stereocenters. The first-order chi connectivity index (χ1) is 6.98. The van der Waals surface area contributed by atoms with E-state index in [1.807, 2.05) is 0 Å². The molecule has 1 rings (SSSR count). The molecule has 0 bridgehead atoms. The number of methoxy groups -OCH3 is 1. The third kappa shape index (κ3) is 2.92. The van der Waals surface area contributed by atoms with Crippen molar-refractivity contribution < 1.29 is 14.6 Å². The Morgan fingerprint density at radius 2 is 2.27 bits per heavy atom. The Labute approximate surface area is 91.2 Å². The first-order valence-electron chi connectivity index (χ1n) is 5.44. The quantitative estimate of drug-likeness (QED) is 0.749. The third-order valence-corrected chi connectivity index (χ3v) is 3.55. The average Bonchev–Trinajstić information content (AvgIpc) is 2.39. The van der Waals surface area contributed by atoms with Crippen LogP contribution in [0.25, 0.3) is 0 Å². The van der Waals surface area contributed by atoms with Crippen LogP contribution in [-0.4, -0.2) is 48.3 Å². The van der Waals surface area contributed by atoms with Gasteiger partial charge < -0.3 is 9.84 Å². The van der Waals surface area contributed by atoms with Crippen LogP contribution in [0.5, 0.6) is 0 Å². The Morgan fingerprint density at radius 1 is 1.60 bits per heavy atom. The lowest BCUT2D eigenvalue weighted by Crippen LogP contribution is -2.44. The van der Waals surface area contributed by atoms with E-state index in [2.05, 4.69) is 18.7 Å². The van der Waals surface area contributed by atoms with E-state index >= 15 is 0 Å². The molecular formula is C11H21NO3. The summed E-state index contributed by atoms with van der Waals surface area (Å²) in [6, 6.07) is 0. The predicted octanol–water partition coefficient (Wildman–Crippen LogP) is 1.21. The van der Waals surface area contributed by atoms with Gasteiger partial charge in [0.15, 0.2) is 0 Å². The van der Waals surface area contributed by atoms with Gasteiger partial charge in [0.25, 0.3) is 0 Å². The van der Waals surface area contributed by atoms with Crippen LogP contribution in [0, 0.1) is 5.92 Å². The lowest BCUT2D eigenvalue weighted by Gasteiger charge is -2.35. The number of carbonyl (C=O) groups is 1. The molecule has 1 aliphatic heterocycles.